The zero-order valence-corrected chi connectivity index (χ0v) is 13.9. The van der Waals surface area contributed by atoms with E-state index < -0.39 is 9.84 Å². The zero-order chi connectivity index (χ0) is 16.9. The molecule has 7 heteroatoms. The molecule has 2 amide bonds. The fourth-order valence-corrected chi connectivity index (χ4v) is 2.72. The molecule has 0 bridgehead atoms. The first-order valence-electron chi connectivity index (χ1n) is 7.20. The molecule has 1 aromatic heterocycles. The first-order chi connectivity index (χ1) is 10.8. The van der Waals surface area contributed by atoms with Gasteiger partial charge < -0.3 is 15.1 Å². The molecule has 1 heterocycles. The van der Waals surface area contributed by atoms with E-state index >= 15 is 0 Å². The van der Waals surface area contributed by atoms with E-state index in [-0.39, 0.29) is 17.0 Å². The third-order valence-corrected chi connectivity index (χ3v) is 4.40. The number of carbonyl (C=O) groups is 1. The fourth-order valence-electron chi connectivity index (χ4n) is 2.09. The number of benzene rings is 1. The van der Waals surface area contributed by atoms with Crippen LogP contribution in [-0.2, 0) is 22.8 Å². The third kappa shape index (κ3) is 5.45. The lowest BCUT2D eigenvalue weighted by molar-refractivity contribution is 0.237. The van der Waals surface area contributed by atoms with Gasteiger partial charge in [-0.3, -0.25) is 0 Å². The Kier molecular flexibility index (Phi) is 5.44. The summed E-state index contributed by atoms with van der Waals surface area (Å²) in [6.45, 7) is 2.21. The molecule has 0 fully saturated rings. The Balaban J connectivity index is 1.80. The lowest BCUT2D eigenvalue weighted by Gasteiger charge is -2.13. The molecule has 0 aliphatic heterocycles. The maximum atomic E-state index is 11.8. The monoisotopic (exact) mass is 336 g/mol. The topological polar surface area (TPSA) is 88.4 Å². The molecule has 0 saturated heterocycles. The molecule has 23 heavy (non-hydrogen) atoms. The van der Waals surface area contributed by atoms with Crippen molar-refractivity contribution in [2.75, 3.05) is 6.26 Å². The highest BCUT2D eigenvalue weighted by molar-refractivity contribution is 7.90. The molecular weight excluding hydrogens is 316 g/mol. The van der Waals surface area contributed by atoms with E-state index in [0.717, 1.165) is 17.6 Å². The Morgan fingerprint density at radius 2 is 1.91 bits per heavy atom. The molecule has 2 aromatic rings. The van der Waals surface area contributed by atoms with Gasteiger partial charge in [-0.05, 0) is 36.8 Å². The number of nitrogens with one attached hydrogen (secondary N) is 2. The van der Waals surface area contributed by atoms with Crippen LogP contribution in [0.2, 0.25) is 0 Å². The van der Waals surface area contributed by atoms with Crippen LogP contribution in [0.4, 0.5) is 4.79 Å². The second kappa shape index (κ2) is 7.32. The highest BCUT2D eigenvalue weighted by atomic mass is 32.2. The smallest absolute Gasteiger partial charge is 0.315 e. The van der Waals surface area contributed by atoms with E-state index in [0.29, 0.717) is 13.0 Å². The number of hydrogen-bond acceptors (Lipinski definition) is 4. The normalized spacial score (nSPS) is 12.6. The van der Waals surface area contributed by atoms with Crippen molar-refractivity contribution < 1.29 is 17.6 Å². The predicted octanol–water partition coefficient (Wildman–Crippen LogP) is 2.11. The van der Waals surface area contributed by atoms with Crippen molar-refractivity contribution in [2.24, 2.45) is 0 Å². The average molecular weight is 336 g/mol. The number of carbonyl (C=O) groups excluding carboxylic acids is 1. The van der Waals surface area contributed by atoms with Gasteiger partial charge in [0.25, 0.3) is 0 Å². The van der Waals surface area contributed by atoms with Gasteiger partial charge in [-0.2, -0.15) is 0 Å². The number of sulfone groups is 1. The van der Waals surface area contributed by atoms with Gasteiger partial charge in [0.05, 0.1) is 11.2 Å². The lowest BCUT2D eigenvalue weighted by atomic mass is 10.2. The highest BCUT2D eigenvalue weighted by Crippen LogP contribution is 2.10. The second-order valence-electron chi connectivity index (χ2n) is 5.43. The van der Waals surface area contributed by atoms with Gasteiger partial charge in [-0.15, -0.1) is 0 Å². The summed E-state index contributed by atoms with van der Waals surface area (Å²) < 4.78 is 28.0. The van der Waals surface area contributed by atoms with Crippen molar-refractivity contribution >= 4 is 15.9 Å². The average Bonchev–Trinajstić information content (AvgIpc) is 2.97. The maximum Gasteiger partial charge on any atom is 0.315 e. The minimum Gasteiger partial charge on any atom is -0.469 e. The fraction of sp³-hybridized carbons (Fsp3) is 0.312. The van der Waals surface area contributed by atoms with Crippen LogP contribution in [0.3, 0.4) is 0 Å². The lowest BCUT2D eigenvalue weighted by Crippen LogP contribution is -2.41. The molecule has 0 spiro atoms. The minimum atomic E-state index is -3.20. The maximum absolute atomic E-state index is 11.8. The van der Waals surface area contributed by atoms with Crippen LogP contribution in [0.1, 0.15) is 18.2 Å². The number of furan rings is 1. The van der Waals surface area contributed by atoms with Crippen LogP contribution in [0.15, 0.2) is 52.0 Å². The van der Waals surface area contributed by atoms with Crippen molar-refractivity contribution in [3.8, 4) is 0 Å². The van der Waals surface area contributed by atoms with Gasteiger partial charge in [-0.1, -0.05) is 12.1 Å². The molecule has 2 rings (SSSR count). The summed E-state index contributed by atoms with van der Waals surface area (Å²) >= 11 is 0. The SMILES string of the molecule is C[C@H](Cc1ccco1)NC(=O)NCc1ccc(S(C)(=O)=O)cc1. The number of hydrogen-bond donors (Lipinski definition) is 2. The second-order valence-corrected chi connectivity index (χ2v) is 7.44. The number of amides is 2. The number of urea groups is 1. The van der Waals surface area contributed by atoms with Crippen molar-refractivity contribution in [1.82, 2.24) is 10.6 Å². The van der Waals surface area contributed by atoms with E-state index in [9.17, 15) is 13.2 Å². The molecule has 1 atom stereocenters. The summed E-state index contributed by atoms with van der Waals surface area (Å²) in [7, 11) is -3.20. The van der Waals surface area contributed by atoms with E-state index in [1.165, 1.54) is 12.1 Å². The summed E-state index contributed by atoms with van der Waals surface area (Å²) in [6.07, 6.45) is 3.37. The standard InChI is InChI=1S/C16H20N2O4S/c1-12(10-14-4-3-9-22-14)18-16(19)17-11-13-5-7-15(8-6-13)23(2,20)21/h3-9,12H,10-11H2,1-2H3,(H2,17,18,19)/t12-/m1/s1. The quantitative estimate of drug-likeness (QED) is 0.845. The molecule has 124 valence electrons. The van der Waals surface area contributed by atoms with Gasteiger partial charge in [0, 0.05) is 25.3 Å². The van der Waals surface area contributed by atoms with Crippen molar-refractivity contribution in [2.45, 2.75) is 30.8 Å². The summed E-state index contributed by atoms with van der Waals surface area (Å²) in [6, 6.07) is 9.76. The third-order valence-electron chi connectivity index (χ3n) is 3.27. The summed E-state index contributed by atoms with van der Waals surface area (Å²) in [4.78, 5) is 12.1. The van der Waals surface area contributed by atoms with E-state index in [4.69, 9.17) is 4.42 Å². The first kappa shape index (κ1) is 17.1. The Morgan fingerprint density at radius 1 is 1.22 bits per heavy atom. The summed E-state index contributed by atoms with van der Waals surface area (Å²) in [5.74, 6) is 0.814. The molecule has 2 N–H and O–H groups in total. The molecule has 0 unspecified atom stereocenters. The Labute approximate surface area is 135 Å². The Bertz CT molecular complexity index is 737. The Hall–Kier alpha value is -2.28. The molecule has 0 aliphatic rings. The molecule has 0 radical (unpaired) electrons. The zero-order valence-electron chi connectivity index (χ0n) is 13.1. The Morgan fingerprint density at radius 3 is 2.48 bits per heavy atom. The van der Waals surface area contributed by atoms with Crippen LogP contribution >= 0.6 is 0 Å². The first-order valence-corrected chi connectivity index (χ1v) is 9.09. The van der Waals surface area contributed by atoms with Crippen molar-refractivity contribution in [1.29, 1.82) is 0 Å². The molecular formula is C16H20N2O4S. The van der Waals surface area contributed by atoms with Gasteiger partial charge in [0.2, 0.25) is 0 Å². The van der Waals surface area contributed by atoms with Crippen LogP contribution in [0, 0.1) is 0 Å². The molecule has 6 nitrogen and oxygen atoms in total. The van der Waals surface area contributed by atoms with Gasteiger partial charge >= 0.3 is 6.03 Å². The van der Waals surface area contributed by atoms with E-state index in [1.807, 2.05) is 19.1 Å². The van der Waals surface area contributed by atoms with Crippen molar-refractivity contribution in [3.63, 3.8) is 0 Å². The largest absolute Gasteiger partial charge is 0.469 e. The molecule has 0 aliphatic carbocycles. The van der Waals surface area contributed by atoms with Crippen LogP contribution in [-0.4, -0.2) is 26.7 Å². The van der Waals surface area contributed by atoms with E-state index in [2.05, 4.69) is 10.6 Å². The van der Waals surface area contributed by atoms with E-state index in [1.54, 1.807) is 18.4 Å². The molecule has 0 saturated carbocycles. The summed E-state index contributed by atoms with van der Waals surface area (Å²) in [5, 5.41) is 5.56. The predicted molar refractivity (Wildman–Crippen MR) is 86.8 cm³/mol. The summed E-state index contributed by atoms with van der Waals surface area (Å²) in [5.41, 5.74) is 0.825. The van der Waals surface area contributed by atoms with Gasteiger partial charge in [0.1, 0.15) is 5.76 Å². The molecule has 1 aromatic carbocycles. The number of rotatable bonds is 6. The van der Waals surface area contributed by atoms with Crippen LogP contribution < -0.4 is 10.6 Å². The van der Waals surface area contributed by atoms with Crippen LogP contribution in [0.25, 0.3) is 0 Å². The van der Waals surface area contributed by atoms with Crippen LogP contribution in [0.5, 0.6) is 0 Å². The highest BCUT2D eigenvalue weighted by Gasteiger charge is 2.10. The van der Waals surface area contributed by atoms with Gasteiger partial charge in [-0.25, -0.2) is 13.2 Å². The minimum absolute atomic E-state index is 0.0613. The van der Waals surface area contributed by atoms with Gasteiger partial charge in [0.15, 0.2) is 9.84 Å². The van der Waals surface area contributed by atoms with Crippen molar-refractivity contribution in [3.05, 3.63) is 54.0 Å².